The molecule has 1 rings (SSSR count). The number of likely N-dealkylation sites (tertiary alicyclic amines) is 1. The van der Waals surface area contributed by atoms with Gasteiger partial charge in [-0.05, 0) is 20.8 Å². The zero-order valence-corrected chi connectivity index (χ0v) is 10.6. The summed E-state index contributed by atoms with van der Waals surface area (Å²) in [5.74, 6) is 0. The molecule has 1 N–H and O–H groups in total. The van der Waals surface area contributed by atoms with Crippen molar-refractivity contribution in [3.05, 3.63) is 0 Å². The number of nitrogens with zero attached hydrogens (tertiary/aromatic N) is 1. The minimum absolute atomic E-state index is 0.351. The second kappa shape index (κ2) is 5.50. The fraction of sp³-hybridized carbons (Fsp3) is 0.909. The van der Waals surface area contributed by atoms with Gasteiger partial charge >= 0.3 is 6.09 Å². The van der Waals surface area contributed by atoms with Crippen LogP contribution in [0.25, 0.3) is 0 Å². The summed E-state index contributed by atoms with van der Waals surface area (Å²) < 4.78 is 10.3. The summed E-state index contributed by atoms with van der Waals surface area (Å²) in [5, 5.41) is 2.73. The first-order chi connectivity index (χ1) is 7.40. The third-order valence-corrected chi connectivity index (χ3v) is 2.35. The number of methoxy groups -OCH3 is 1. The van der Waals surface area contributed by atoms with Crippen LogP contribution in [0.2, 0.25) is 0 Å². The molecule has 1 amide bonds. The van der Waals surface area contributed by atoms with Crippen LogP contribution in [0, 0.1) is 0 Å². The topological polar surface area (TPSA) is 50.8 Å². The van der Waals surface area contributed by atoms with Crippen molar-refractivity contribution in [2.24, 2.45) is 0 Å². The summed E-state index contributed by atoms with van der Waals surface area (Å²) in [4.78, 5) is 13.5. The molecule has 0 aromatic carbocycles. The van der Waals surface area contributed by atoms with E-state index in [0.717, 1.165) is 19.6 Å². The number of rotatable bonds is 4. The predicted octanol–water partition coefficient (Wildman–Crippen LogP) is 0.842. The summed E-state index contributed by atoms with van der Waals surface area (Å²) in [6.45, 7) is 8.92. The molecule has 0 aromatic rings. The average Bonchev–Trinajstić information content (AvgIpc) is 2.05. The predicted molar refractivity (Wildman–Crippen MR) is 61.5 cm³/mol. The Morgan fingerprint density at radius 1 is 1.44 bits per heavy atom. The highest BCUT2D eigenvalue weighted by atomic mass is 16.6. The molecular weight excluding hydrogens is 208 g/mol. The largest absolute Gasteiger partial charge is 0.444 e. The Morgan fingerprint density at radius 3 is 2.56 bits per heavy atom. The van der Waals surface area contributed by atoms with E-state index in [4.69, 9.17) is 9.47 Å². The van der Waals surface area contributed by atoms with Crippen molar-refractivity contribution in [2.75, 3.05) is 33.3 Å². The van der Waals surface area contributed by atoms with E-state index >= 15 is 0 Å². The summed E-state index contributed by atoms with van der Waals surface area (Å²) >= 11 is 0. The van der Waals surface area contributed by atoms with Crippen LogP contribution in [0.5, 0.6) is 0 Å². The van der Waals surface area contributed by atoms with Gasteiger partial charge in [0.05, 0.1) is 6.10 Å². The minimum atomic E-state index is -0.429. The summed E-state index contributed by atoms with van der Waals surface area (Å²) in [7, 11) is 1.72. The van der Waals surface area contributed by atoms with E-state index in [-0.39, 0.29) is 6.09 Å². The van der Waals surface area contributed by atoms with E-state index in [0.29, 0.717) is 12.6 Å². The van der Waals surface area contributed by atoms with E-state index in [2.05, 4.69) is 10.2 Å². The number of amides is 1. The van der Waals surface area contributed by atoms with Crippen LogP contribution in [0.1, 0.15) is 20.8 Å². The molecule has 0 radical (unpaired) electrons. The van der Waals surface area contributed by atoms with E-state index in [9.17, 15) is 4.79 Å². The van der Waals surface area contributed by atoms with E-state index in [1.54, 1.807) is 7.11 Å². The Labute approximate surface area is 97.1 Å². The van der Waals surface area contributed by atoms with Crippen molar-refractivity contribution in [1.29, 1.82) is 0 Å². The molecule has 5 heteroatoms. The SMILES string of the molecule is COC1CN(CCNC(=O)OC(C)(C)C)C1. The lowest BCUT2D eigenvalue weighted by Crippen LogP contribution is -2.53. The number of carbonyl (C=O) groups excluding carboxylic acids is 1. The standard InChI is InChI=1S/C11H22N2O3/c1-11(2,3)16-10(14)12-5-6-13-7-9(8-13)15-4/h9H,5-8H2,1-4H3,(H,12,14). The van der Waals surface area contributed by atoms with Crippen LogP contribution < -0.4 is 5.32 Å². The first kappa shape index (κ1) is 13.3. The fourth-order valence-corrected chi connectivity index (χ4v) is 1.48. The highest BCUT2D eigenvalue weighted by Crippen LogP contribution is 2.09. The van der Waals surface area contributed by atoms with Crippen LogP contribution in [-0.2, 0) is 9.47 Å². The highest BCUT2D eigenvalue weighted by Gasteiger charge is 2.25. The molecule has 0 atom stereocenters. The van der Waals surface area contributed by atoms with Gasteiger partial charge in [0.2, 0.25) is 0 Å². The Kier molecular flexibility index (Phi) is 4.56. The molecule has 0 bridgehead atoms. The molecular formula is C11H22N2O3. The van der Waals surface area contributed by atoms with Gasteiger partial charge in [0.1, 0.15) is 5.60 Å². The molecule has 0 saturated carbocycles. The Bertz CT molecular complexity index is 232. The van der Waals surface area contributed by atoms with Crippen molar-refractivity contribution in [3.63, 3.8) is 0 Å². The third kappa shape index (κ3) is 4.81. The van der Waals surface area contributed by atoms with Crippen LogP contribution in [0.3, 0.4) is 0 Å². The number of alkyl carbamates (subject to hydrolysis) is 1. The lowest BCUT2D eigenvalue weighted by atomic mass is 10.2. The average molecular weight is 230 g/mol. The number of hydrogen-bond acceptors (Lipinski definition) is 4. The molecule has 94 valence electrons. The highest BCUT2D eigenvalue weighted by molar-refractivity contribution is 5.67. The molecule has 1 aliphatic heterocycles. The quantitative estimate of drug-likeness (QED) is 0.777. The van der Waals surface area contributed by atoms with Gasteiger partial charge in [-0.25, -0.2) is 4.79 Å². The maximum Gasteiger partial charge on any atom is 0.407 e. The second-order valence-electron chi connectivity index (χ2n) is 5.05. The van der Waals surface area contributed by atoms with Gasteiger partial charge in [0.15, 0.2) is 0 Å². The number of hydrogen-bond donors (Lipinski definition) is 1. The zero-order valence-electron chi connectivity index (χ0n) is 10.6. The van der Waals surface area contributed by atoms with Crippen molar-refractivity contribution >= 4 is 6.09 Å². The third-order valence-electron chi connectivity index (χ3n) is 2.35. The van der Waals surface area contributed by atoms with E-state index in [1.165, 1.54) is 0 Å². The maximum atomic E-state index is 11.3. The van der Waals surface area contributed by atoms with Gasteiger partial charge < -0.3 is 14.8 Å². The lowest BCUT2D eigenvalue weighted by Gasteiger charge is -2.38. The van der Waals surface area contributed by atoms with Gasteiger partial charge in [-0.1, -0.05) is 0 Å². The summed E-state index contributed by atoms with van der Waals surface area (Å²) in [6, 6.07) is 0. The Balaban J connectivity index is 2.02. The number of carbonyl (C=O) groups is 1. The van der Waals surface area contributed by atoms with Crippen molar-refractivity contribution in [2.45, 2.75) is 32.5 Å². The van der Waals surface area contributed by atoms with E-state index in [1.807, 2.05) is 20.8 Å². The smallest absolute Gasteiger partial charge is 0.407 e. The summed E-state index contributed by atoms with van der Waals surface area (Å²) in [6.07, 6.45) is 0.0119. The van der Waals surface area contributed by atoms with Gasteiger partial charge in [-0.15, -0.1) is 0 Å². The van der Waals surface area contributed by atoms with Gasteiger partial charge in [-0.3, -0.25) is 4.90 Å². The van der Waals surface area contributed by atoms with Crippen LogP contribution >= 0.6 is 0 Å². The van der Waals surface area contributed by atoms with Gasteiger partial charge in [0.25, 0.3) is 0 Å². The van der Waals surface area contributed by atoms with Crippen LogP contribution in [0.15, 0.2) is 0 Å². The van der Waals surface area contributed by atoms with Crippen molar-refractivity contribution in [3.8, 4) is 0 Å². The first-order valence-corrected chi connectivity index (χ1v) is 5.63. The maximum absolute atomic E-state index is 11.3. The molecule has 0 aromatic heterocycles. The van der Waals surface area contributed by atoms with Crippen LogP contribution in [-0.4, -0.2) is 56.0 Å². The fourth-order valence-electron chi connectivity index (χ4n) is 1.48. The van der Waals surface area contributed by atoms with Crippen molar-refractivity contribution < 1.29 is 14.3 Å². The molecule has 1 fully saturated rings. The molecule has 5 nitrogen and oxygen atoms in total. The second-order valence-corrected chi connectivity index (χ2v) is 5.05. The van der Waals surface area contributed by atoms with E-state index < -0.39 is 5.60 Å². The number of nitrogens with one attached hydrogen (secondary N) is 1. The molecule has 1 saturated heterocycles. The van der Waals surface area contributed by atoms with Gasteiger partial charge in [0, 0.05) is 33.3 Å². The molecule has 0 unspecified atom stereocenters. The Hall–Kier alpha value is -0.810. The molecule has 0 aliphatic carbocycles. The lowest BCUT2D eigenvalue weighted by molar-refractivity contribution is -0.0285. The zero-order chi connectivity index (χ0) is 12.2. The molecule has 1 heterocycles. The van der Waals surface area contributed by atoms with Crippen LogP contribution in [0.4, 0.5) is 4.79 Å². The molecule has 0 spiro atoms. The number of ether oxygens (including phenoxy) is 2. The minimum Gasteiger partial charge on any atom is -0.444 e. The Morgan fingerprint density at radius 2 is 2.06 bits per heavy atom. The molecule has 1 aliphatic rings. The molecule has 16 heavy (non-hydrogen) atoms. The summed E-state index contributed by atoms with van der Waals surface area (Å²) in [5.41, 5.74) is -0.429. The van der Waals surface area contributed by atoms with Crippen molar-refractivity contribution in [1.82, 2.24) is 10.2 Å². The normalized spacial score (nSPS) is 18.0. The monoisotopic (exact) mass is 230 g/mol. The first-order valence-electron chi connectivity index (χ1n) is 5.63. The van der Waals surface area contributed by atoms with Gasteiger partial charge in [-0.2, -0.15) is 0 Å².